The smallest absolute Gasteiger partial charge is 0.242 e. The van der Waals surface area contributed by atoms with Crippen LogP contribution in [0.15, 0.2) is 12.4 Å². The van der Waals surface area contributed by atoms with Crippen LogP contribution in [0.1, 0.15) is 25.6 Å². The Bertz CT molecular complexity index is 436. The fraction of sp³-hybridized carbons (Fsp3) is 0.714. The molecule has 0 aliphatic carbocycles. The number of aryl methyl sites for hydroxylation is 1. The number of hydrogen-bond donors (Lipinski definition) is 0. The van der Waals surface area contributed by atoms with Crippen molar-refractivity contribution in [1.29, 1.82) is 0 Å². The van der Waals surface area contributed by atoms with Gasteiger partial charge in [-0.05, 0) is 25.2 Å². The van der Waals surface area contributed by atoms with E-state index in [4.69, 9.17) is 4.74 Å². The summed E-state index contributed by atoms with van der Waals surface area (Å²) >= 11 is 0. The molecule has 0 saturated carbocycles. The molecule has 2 heterocycles. The summed E-state index contributed by atoms with van der Waals surface area (Å²) in [5.74, 6) is 1.01. The van der Waals surface area contributed by atoms with Crippen LogP contribution in [0.25, 0.3) is 0 Å². The lowest BCUT2D eigenvalue weighted by Crippen LogP contribution is -2.41. The molecule has 5 heteroatoms. The average molecular weight is 265 g/mol. The van der Waals surface area contributed by atoms with Crippen molar-refractivity contribution < 1.29 is 9.53 Å². The highest BCUT2D eigenvalue weighted by atomic mass is 16.5. The third-order valence-electron chi connectivity index (χ3n) is 3.97. The van der Waals surface area contributed by atoms with E-state index in [9.17, 15) is 4.79 Å². The van der Waals surface area contributed by atoms with Crippen molar-refractivity contribution in [2.75, 3.05) is 26.8 Å². The number of carbonyl (C=O) groups excluding carboxylic acids is 1. The summed E-state index contributed by atoms with van der Waals surface area (Å²) in [4.78, 5) is 18.2. The van der Waals surface area contributed by atoms with E-state index in [0.717, 1.165) is 38.4 Å². The standard InChI is InChI=1S/C14H23N3O2/c1-12-15-6-7-17(12)10-13(18)16(3)11-14(2)4-8-19-9-5-14/h6-7H,4-5,8-11H2,1-3H3. The van der Waals surface area contributed by atoms with Crippen LogP contribution in [-0.2, 0) is 16.1 Å². The molecule has 1 aromatic rings. The molecular weight excluding hydrogens is 242 g/mol. The van der Waals surface area contributed by atoms with Crippen LogP contribution in [0, 0.1) is 12.3 Å². The normalized spacial score (nSPS) is 18.3. The lowest BCUT2D eigenvalue weighted by molar-refractivity contribution is -0.132. The summed E-state index contributed by atoms with van der Waals surface area (Å²) in [6, 6.07) is 0. The van der Waals surface area contributed by atoms with Crippen LogP contribution in [0.5, 0.6) is 0 Å². The average Bonchev–Trinajstić information content (AvgIpc) is 2.75. The Hall–Kier alpha value is -1.36. The molecule has 0 unspecified atom stereocenters. The minimum Gasteiger partial charge on any atom is -0.381 e. The maximum atomic E-state index is 12.2. The van der Waals surface area contributed by atoms with E-state index in [-0.39, 0.29) is 11.3 Å². The van der Waals surface area contributed by atoms with Crippen molar-refractivity contribution in [3.8, 4) is 0 Å². The van der Waals surface area contributed by atoms with Gasteiger partial charge in [-0.1, -0.05) is 6.92 Å². The van der Waals surface area contributed by atoms with Crippen molar-refractivity contribution in [2.45, 2.75) is 33.2 Å². The molecule has 1 aliphatic heterocycles. The first-order chi connectivity index (χ1) is 9.00. The first-order valence-electron chi connectivity index (χ1n) is 6.80. The van der Waals surface area contributed by atoms with Crippen LogP contribution in [0.2, 0.25) is 0 Å². The highest BCUT2D eigenvalue weighted by molar-refractivity contribution is 5.75. The van der Waals surface area contributed by atoms with Crippen molar-refractivity contribution in [2.24, 2.45) is 5.41 Å². The largest absolute Gasteiger partial charge is 0.381 e. The van der Waals surface area contributed by atoms with E-state index in [1.165, 1.54) is 0 Å². The lowest BCUT2D eigenvalue weighted by atomic mass is 9.82. The first kappa shape index (κ1) is 14.1. The van der Waals surface area contributed by atoms with Crippen LogP contribution < -0.4 is 0 Å². The molecule has 1 aliphatic rings. The maximum absolute atomic E-state index is 12.2. The minimum absolute atomic E-state index is 0.133. The molecular formula is C14H23N3O2. The quantitative estimate of drug-likeness (QED) is 0.828. The van der Waals surface area contributed by atoms with Gasteiger partial charge in [0.15, 0.2) is 0 Å². The van der Waals surface area contributed by atoms with Gasteiger partial charge < -0.3 is 14.2 Å². The third kappa shape index (κ3) is 3.56. The summed E-state index contributed by atoms with van der Waals surface area (Å²) in [7, 11) is 1.88. The zero-order chi connectivity index (χ0) is 13.9. The molecule has 5 nitrogen and oxygen atoms in total. The van der Waals surface area contributed by atoms with Crippen LogP contribution >= 0.6 is 0 Å². The number of amides is 1. The van der Waals surface area contributed by atoms with E-state index in [1.807, 2.05) is 29.6 Å². The fourth-order valence-electron chi connectivity index (χ4n) is 2.52. The minimum atomic E-state index is 0.133. The number of imidazole rings is 1. The van der Waals surface area contributed by atoms with Gasteiger partial charge in [-0.25, -0.2) is 4.98 Å². The molecule has 0 radical (unpaired) electrons. The van der Waals surface area contributed by atoms with E-state index in [2.05, 4.69) is 11.9 Å². The van der Waals surface area contributed by atoms with Crippen molar-refractivity contribution >= 4 is 5.91 Å². The monoisotopic (exact) mass is 265 g/mol. The summed E-state index contributed by atoms with van der Waals surface area (Å²) in [6.45, 7) is 6.92. The zero-order valence-corrected chi connectivity index (χ0v) is 12.1. The Balaban J connectivity index is 1.90. The second-order valence-corrected chi connectivity index (χ2v) is 5.78. The Morgan fingerprint density at radius 2 is 2.21 bits per heavy atom. The number of carbonyl (C=O) groups is 1. The predicted molar refractivity (Wildman–Crippen MR) is 72.8 cm³/mol. The number of rotatable bonds is 4. The second-order valence-electron chi connectivity index (χ2n) is 5.78. The number of likely N-dealkylation sites (N-methyl/N-ethyl adjacent to an activating group) is 1. The van der Waals surface area contributed by atoms with E-state index < -0.39 is 0 Å². The van der Waals surface area contributed by atoms with Crippen molar-refractivity contribution in [3.63, 3.8) is 0 Å². The van der Waals surface area contributed by atoms with Crippen LogP contribution in [-0.4, -0.2) is 47.2 Å². The molecule has 106 valence electrons. The summed E-state index contributed by atoms with van der Waals surface area (Å²) < 4.78 is 7.27. The summed E-state index contributed by atoms with van der Waals surface area (Å²) in [5.41, 5.74) is 0.187. The maximum Gasteiger partial charge on any atom is 0.242 e. The van der Waals surface area contributed by atoms with Gasteiger partial charge >= 0.3 is 0 Å². The van der Waals surface area contributed by atoms with Gasteiger partial charge in [-0.3, -0.25) is 4.79 Å². The molecule has 0 aromatic carbocycles. The molecule has 0 atom stereocenters. The Morgan fingerprint density at radius 3 is 2.79 bits per heavy atom. The molecule has 0 N–H and O–H groups in total. The topological polar surface area (TPSA) is 47.4 Å². The third-order valence-corrected chi connectivity index (χ3v) is 3.97. The SMILES string of the molecule is Cc1nccn1CC(=O)N(C)CC1(C)CCOCC1. The first-order valence-corrected chi connectivity index (χ1v) is 6.80. The lowest BCUT2D eigenvalue weighted by Gasteiger charge is -2.36. The van der Waals surface area contributed by atoms with Gasteiger partial charge in [-0.2, -0.15) is 0 Å². The van der Waals surface area contributed by atoms with E-state index in [0.29, 0.717) is 6.54 Å². The van der Waals surface area contributed by atoms with Gasteiger partial charge in [0, 0.05) is 39.2 Å². The predicted octanol–water partition coefficient (Wildman–Crippen LogP) is 1.47. The van der Waals surface area contributed by atoms with Gasteiger partial charge in [-0.15, -0.1) is 0 Å². The molecule has 1 saturated heterocycles. The van der Waals surface area contributed by atoms with Crippen molar-refractivity contribution in [3.05, 3.63) is 18.2 Å². The van der Waals surface area contributed by atoms with Gasteiger partial charge in [0.05, 0.1) is 0 Å². The number of nitrogens with zero attached hydrogens (tertiary/aromatic N) is 3. The van der Waals surface area contributed by atoms with Gasteiger partial charge in [0.25, 0.3) is 0 Å². The molecule has 1 amide bonds. The van der Waals surface area contributed by atoms with Crippen LogP contribution in [0.4, 0.5) is 0 Å². The fourth-order valence-corrected chi connectivity index (χ4v) is 2.52. The second kappa shape index (κ2) is 5.74. The molecule has 19 heavy (non-hydrogen) atoms. The Morgan fingerprint density at radius 1 is 1.53 bits per heavy atom. The van der Waals surface area contributed by atoms with E-state index >= 15 is 0 Å². The van der Waals surface area contributed by atoms with Crippen LogP contribution in [0.3, 0.4) is 0 Å². The summed E-state index contributed by atoms with van der Waals surface area (Å²) in [5, 5.41) is 0. The van der Waals surface area contributed by atoms with Gasteiger partial charge in [0.2, 0.25) is 5.91 Å². The Labute approximate surface area is 114 Å². The molecule has 0 spiro atoms. The summed E-state index contributed by atoms with van der Waals surface area (Å²) in [6.07, 6.45) is 5.61. The Kier molecular flexibility index (Phi) is 4.24. The molecule has 1 aromatic heterocycles. The number of hydrogen-bond acceptors (Lipinski definition) is 3. The molecule has 2 rings (SSSR count). The highest BCUT2D eigenvalue weighted by Gasteiger charge is 2.30. The molecule has 0 bridgehead atoms. The number of aromatic nitrogens is 2. The molecule has 1 fully saturated rings. The zero-order valence-electron chi connectivity index (χ0n) is 12.1. The van der Waals surface area contributed by atoms with Crippen molar-refractivity contribution in [1.82, 2.24) is 14.5 Å². The highest BCUT2D eigenvalue weighted by Crippen LogP contribution is 2.30. The number of ether oxygens (including phenoxy) is 1. The van der Waals surface area contributed by atoms with Gasteiger partial charge in [0.1, 0.15) is 12.4 Å². The van der Waals surface area contributed by atoms with E-state index in [1.54, 1.807) is 6.20 Å².